The highest BCUT2D eigenvalue weighted by atomic mass is 79.9. The molecule has 100 valence electrons. The second-order valence-electron chi connectivity index (χ2n) is 4.83. The molecule has 1 atom stereocenters. The van der Waals surface area contributed by atoms with Crippen molar-refractivity contribution in [3.05, 3.63) is 28.2 Å². The molecule has 0 spiro atoms. The normalized spacial score (nSPS) is 21.6. The number of nitrogens with zero attached hydrogens (tertiary/aromatic N) is 1. The number of nitrogens with one attached hydrogen (secondary N) is 1. The first-order valence-corrected chi connectivity index (χ1v) is 7.27. The molecule has 0 saturated carbocycles. The average Bonchev–Trinajstić information content (AvgIpc) is 2.55. The van der Waals surface area contributed by atoms with Gasteiger partial charge < -0.3 is 10.1 Å². The van der Waals surface area contributed by atoms with E-state index in [1.807, 2.05) is 6.07 Å². The van der Waals surface area contributed by atoms with Gasteiger partial charge in [0.15, 0.2) is 0 Å². The fourth-order valence-corrected chi connectivity index (χ4v) is 2.93. The number of hydrogen-bond acceptors (Lipinski definition) is 3. The van der Waals surface area contributed by atoms with Gasteiger partial charge in [0.2, 0.25) is 0 Å². The van der Waals surface area contributed by atoms with Crippen molar-refractivity contribution in [1.29, 1.82) is 0 Å². The van der Waals surface area contributed by atoms with Gasteiger partial charge in [-0.2, -0.15) is 0 Å². The number of halogens is 1. The van der Waals surface area contributed by atoms with Crippen LogP contribution in [0.3, 0.4) is 0 Å². The summed E-state index contributed by atoms with van der Waals surface area (Å²) in [5.74, 6) is 0.893. The summed E-state index contributed by atoms with van der Waals surface area (Å²) in [5.41, 5.74) is 1.33. The Morgan fingerprint density at radius 3 is 3.00 bits per heavy atom. The van der Waals surface area contributed by atoms with Crippen LogP contribution in [0.2, 0.25) is 0 Å². The predicted molar refractivity (Wildman–Crippen MR) is 78.1 cm³/mol. The van der Waals surface area contributed by atoms with Crippen LogP contribution in [-0.4, -0.2) is 37.7 Å². The van der Waals surface area contributed by atoms with E-state index in [2.05, 4.69) is 45.2 Å². The van der Waals surface area contributed by atoms with Gasteiger partial charge in [-0.25, -0.2) is 0 Å². The van der Waals surface area contributed by atoms with E-state index in [9.17, 15) is 0 Å². The Labute approximate surface area is 118 Å². The third kappa shape index (κ3) is 3.46. The van der Waals surface area contributed by atoms with Crippen molar-refractivity contribution >= 4 is 15.9 Å². The van der Waals surface area contributed by atoms with Crippen molar-refractivity contribution in [1.82, 2.24) is 10.2 Å². The van der Waals surface area contributed by atoms with Gasteiger partial charge in [0.1, 0.15) is 5.75 Å². The van der Waals surface area contributed by atoms with Gasteiger partial charge >= 0.3 is 0 Å². The Balaban J connectivity index is 2.05. The predicted octanol–water partition coefficient (Wildman–Crippen LogP) is 2.64. The molecule has 1 aromatic carbocycles. The molecule has 0 bridgehead atoms. The Hall–Kier alpha value is -0.580. The van der Waals surface area contributed by atoms with Crippen LogP contribution >= 0.6 is 15.9 Å². The molecule has 1 aromatic rings. The van der Waals surface area contributed by atoms with Crippen LogP contribution in [0.1, 0.15) is 18.9 Å². The van der Waals surface area contributed by atoms with Crippen molar-refractivity contribution in [3.63, 3.8) is 0 Å². The molecule has 2 rings (SSSR count). The van der Waals surface area contributed by atoms with Gasteiger partial charge in [-0.15, -0.1) is 0 Å². The molecule has 0 aliphatic carbocycles. The van der Waals surface area contributed by atoms with E-state index in [0.29, 0.717) is 6.04 Å². The van der Waals surface area contributed by atoms with E-state index < -0.39 is 0 Å². The van der Waals surface area contributed by atoms with Gasteiger partial charge in [0, 0.05) is 25.7 Å². The topological polar surface area (TPSA) is 24.5 Å². The summed E-state index contributed by atoms with van der Waals surface area (Å²) in [4.78, 5) is 2.54. The summed E-state index contributed by atoms with van der Waals surface area (Å²) in [6.45, 7) is 6.65. The number of methoxy groups -OCH3 is 1. The minimum absolute atomic E-state index is 0.640. The molecule has 1 aliphatic heterocycles. The van der Waals surface area contributed by atoms with E-state index >= 15 is 0 Å². The highest BCUT2D eigenvalue weighted by Crippen LogP contribution is 2.26. The van der Waals surface area contributed by atoms with Gasteiger partial charge in [0.25, 0.3) is 0 Å². The smallest absolute Gasteiger partial charge is 0.133 e. The Morgan fingerprint density at radius 1 is 1.44 bits per heavy atom. The van der Waals surface area contributed by atoms with Crippen molar-refractivity contribution in [2.24, 2.45) is 0 Å². The van der Waals surface area contributed by atoms with Crippen molar-refractivity contribution in [2.45, 2.75) is 25.9 Å². The standard InChI is InChI=1S/C14H21BrN2O/c1-11-5-6-16-7-8-17(11)10-12-3-4-14(18-2)13(15)9-12/h3-4,9,11,16H,5-8,10H2,1-2H3. The number of hydrogen-bond donors (Lipinski definition) is 1. The van der Waals surface area contributed by atoms with E-state index in [0.717, 1.165) is 36.4 Å². The lowest BCUT2D eigenvalue weighted by Crippen LogP contribution is -2.33. The molecule has 18 heavy (non-hydrogen) atoms. The van der Waals surface area contributed by atoms with E-state index in [1.165, 1.54) is 12.0 Å². The SMILES string of the molecule is COc1ccc(CN2CCNCCC2C)cc1Br. The monoisotopic (exact) mass is 312 g/mol. The van der Waals surface area contributed by atoms with Crippen LogP contribution in [0.4, 0.5) is 0 Å². The van der Waals surface area contributed by atoms with E-state index in [-0.39, 0.29) is 0 Å². The van der Waals surface area contributed by atoms with Crippen molar-refractivity contribution in [3.8, 4) is 5.75 Å². The molecule has 1 heterocycles. The fraction of sp³-hybridized carbons (Fsp3) is 0.571. The zero-order valence-corrected chi connectivity index (χ0v) is 12.7. The zero-order valence-electron chi connectivity index (χ0n) is 11.1. The Kier molecular flexibility index (Phi) is 5.03. The first-order valence-electron chi connectivity index (χ1n) is 6.48. The average molecular weight is 313 g/mol. The maximum absolute atomic E-state index is 5.26. The molecule has 1 N–H and O–H groups in total. The van der Waals surface area contributed by atoms with Crippen molar-refractivity contribution in [2.75, 3.05) is 26.7 Å². The highest BCUT2D eigenvalue weighted by molar-refractivity contribution is 9.10. The lowest BCUT2D eigenvalue weighted by Gasteiger charge is -2.26. The number of ether oxygens (including phenoxy) is 1. The van der Waals surface area contributed by atoms with E-state index in [1.54, 1.807) is 7.11 Å². The molecular weight excluding hydrogens is 292 g/mol. The fourth-order valence-electron chi connectivity index (χ4n) is 2.34. The Bertz CT molecular complexity index is 397. The van der Waals surface area contributed by atoms with Crippen LogP contribution in [0, 0.1) is 0 Å². The van der Waals surface area contributed by atoms with E-state index in [4.69, 9.17) is 4.74 Å². The molecule has 3 nitrogen and oxygen atoms in total. The summed E-state index contributed by atoms with van der Waals surface area (Å²) in [6.07, 6.45) is 1.22. The number of benzene rings is 1. The minimum Gasteiger partial charge on any atom is -0.496 e. The third-order valence-electron chi connectivity index (χ3n) is 3.54. The first-order chi connectivity index (χ1) is 8.70. The van der Waals surface area contributed by atoms with Gasteiger partial charge in [-0.1, -0.05) is 6.07 Å². The van der Waals surface area contributed by atoms with Gasteiger partial charge in [0.05, 0.1) is 11.6 Å². The lowest BCUT2D eigenvalue weighted by atomic mass is 10.1. The maximum Gasteiger partial charge on any atom is 0.133 e. The quantitative estimate of drug-likeness (QED) is 0.928. The molecule has 0 amide bonds. The second-order valence-corrected chi connectivity index (χ2v) is 5.68. The van der Waals surface area contributed by atoms with Crippen molar-refractivity contribution < 1.29 is 4.74 Å². The summed E-state index contributed by atoms with van der Waals surface area (Å²) in [6, 6.07) is 6.97. The van der Waals surface area contributed by atoms with Crippen LogP contribution < -0.4 is 10.1 Å². The maximum atomic E-state index is 5.26. The van der Waals surface area contributed by atoms with Crippen LogP contribution in [-0.2, 0) is 6.54 Å². The summed E-state index contributed by atoms with van der Waals surface area (Å²) >= 11 is 3.55. The largest absolute Gasteiger partial charge is 0.496 e. The van der Waals surface area contributed by atoms with Gasteiger partial charge in [-0.05, 0) is 53.5 Å². The highest BCUT2D eigenvalue weighted by Gasteiger charge is 2.16. The second kappa shape index (κ2) is 6.55. The molecule has 1 fully saturated rings. The summed E-state index contributed by atoms with van der Waals surface area (Å²) in [7, 11) is 1.70. The van der Waals surface area contributed by atoms with Gasteiger partial charge in [-0.3, -0.25) is 4.90 Å². The molecule has 1 saturated heterocycles. The Morgan fingerprint density at radius 2 is 2.28 bits per heavy atom. The molecule has 1 unspecified atom stereocenters. The zero-order chi connectivity index (χ0) is 13.0. The first kappa shape index (κ1) is 13.8. The summed E-state index contributed by atoms with van der Waals surface area (Å²) in [5, 5.41) is 3.45. The molecule has 1 aliphatic rings. The number of rotatable bonds is 3. The third-order valence-corrected chi connectivity index (χ3v) is 4.16. The molecule has 4 heteroatoms. The summed E-state index contributed by atoms with van der Waals surface area (Å²) < 4.78 is 6.29. The minimum atomic E-state index is 0.640. The molecular formula is C14H21BrN2O. The molecule has 0 radical (unpaired) electrons. The lowest BCUT2D eigenvalue weighted by molar-refractivity contribution is 0.211. The van der Waals surface area contributed by atoms with Crippen LogP contribution in [0.15, 0.2) is 22.7 Å². The van der Waals surface area contributed by atoms with Crippen LogP contribution in [0.25, 0.3) is 0 Å². The van der Waals surface area contributed by atoms with Crippen LogP contribution in [0.5, 0.6) is 5.75 Å². The molecule has 0 aromatic heterocycles.